The summed E-state index contributed by atoms with van der Waals surface area (Å²) in [6, 6.07) is 0.616. The third-order valence-corrected chi connectivity index (χ3v) is 6.08. The quantitative estimate of drug-likeness (QED) is 0.719. The first kappa shape index (κ1) is 19.9. The molecule has 0 bridgehead atoms. The summed E-state index contributed by atoms with van der Waals surface area (Å²) >= 11 is 1.48. The van der Waals surface area contributed by atoms with Gasteiger partial charge in [0, 0.05) is 47.2 Å². The van der Waals surface area contributed by atoms with Crippen LogP contribution in [0, 0.1) is 13.8 Å². The fourth-order valence-electron chi connectivity index (χ4n) is 4.05. The van der Waals surface area contributed by atoms with Gasteiger partial charge in [0.2, 0.25) is 0 Å². The van der Waals surface area contributed by atoms with E-state index in [1.54, 1.807) is 12.2 Å². The van der Waals surface area contributed by atoms with Crippen LogP contribution < -0.4 is 15.8 Å². The third-order valence-electron chi connectivity index (χ3n) is 5.32. The Labute approximate surface area is 175 Å². The highest BCUT2D eigenvalue weighted by Crippen LogP contribution is 2.34. The molecular weight excluding hydrogens is 386 g/mol. The number of amidine groups is 1. The maximum absolute atomic E-state index is 6.27. The van der Waals surface area contributed by atoms with Gasteiger partial charge in [0.25, 0.3) is 0 Å². The molecule has 3 N–H and O–H groups in total. The number of nitrogens with two attached hydrogens (primary N) is 1. The van der Waals surface area contributed by atoms with Crippen molar-refractivity contribution in [1.29, 1.82) is 0 Å². The summed E-state index contributed by atoms with van der Waals surface area (Å²) in [4.78, 5) is 4.59. The second-order valence-corrected chi connectivity index (χ2v) is 8.53. The Balaban J connectivity index is 1.70. The second-order valence-electron chi connectivity index (χ2n) is 7.80. The van der Waals surface area contributed by atoms with E-state index in [9.17, 15) is 0 Å². The van der Waals surface area contributed by atoms with Crippen LogP contribution in [0.1, 0.15) is 37.1 Å². The Bertz CT molecular complexity index is 964. The lowest BCUT2D eigenvalue weighted by Gasteiger charge is -2.23. The maximum Gasteiger partial charge on any atom is 0.160 e. The molecule has 154 valence electrons. The van der Waals surface area contributed by atoms with Crippen LogP contribution in [-0.4, -0.2) is 52.3 Å². The van der Waals surface area contributed by atoms with E-state index in [0.29, 0.717) is 18.4 Å². The minimum absolute atomic E-state index is 0.238. The fraction of sp³-hybridized carbons (Fsp3) is 0.500. The number of hydrogen-bond donors (Lipinski definition) is 2. The van der Waals surface area contributed by atoms with Gasteiger partial charge in [0.1, 0.15) is 18.0 Å². The molecule has 9 heteroatoms. The minimum Gasteiger partial charge on any atom is -0.496 e. The van der Waals surface area contributed by atoms with E-state index < -0.39 is 0 Å². The van der Waals surface area contributed by atoms with Crippen molar-refractivity contribution in [2.45, 2.75) is 52.7 Å². The zero-order chi connectivity index (χ0) is 20.7. The van der Waals surface area contributed by atoms with Crippen LogP contribution in [0.3, 0.4) is 0 Å². The number of nitrogens with zero attached hydrogens (tertiary/aromatic N) is 5. The summed E-state index contributed by atoms with van der Waals surface area (Å²) in [6.45, 7) is 8.76. The Morgan fingerprint density at radius 2 is 2.14 bits per heavy atom. The van der Waals surface area contributed by atoms with Gasteiger partial charge in [-0.15, -0.1) is 0 Å². The van der Waals surface area contributed by atoms with Crippen molar-refractivity contribution in [3.8, 4) is 5.75 Å². The number of hydrogen-bond acceptors (Lipinski definition) is 9. The second kappa shape index (κ2) is 7.79. The van der Waals surface area contributed by atoms with Crippen molar-refractivity contribution in [3.63, 3.8) is 0 Å². The molecule has 0 spiro atoms. The fourth-order valence-corrected chi connectivity index (χ4v) is 4.82. The predicted octanol–water partition coefficient (Wildman–Crippen LogP) is 2.32. The van der Waals surface area contributed by atoms with E-state index in [-0.39, 0.29) is 6.04 Å². The molecule has 4 rings (SSSR count). The molecule has 0 fully saturated rings. The molecule has 8 nitrogen and oxygen atoms in total. The molecule has 0 saturated heterocycles. The van der Waals surface area contributed by atoms with Gasteiger partial charge in [0.15, 0.2) is 5.84 Å². The third kappa shape index (κ3) is 3.64. The summed E-state index contributed by atoms with van der Waals surface area (Å²) in [5, 5.41) is 14.9. The zero-order valence-corrected chi connectivity index (χ0v) is 18.3. The van der Waals surface area contributed by atoms with E-state index >= 15 is 0 Å². The Morgan fingerprint density at radius 3 is 2.86 bits per heavy atom. The maximum atomic E-state index is 6.27. The number of aryl methyl sites for hydroxylation is 1. The highest BCUT2D eigenvalue weighted by atomic mass is 32.2. The van der Waals surface area contributed by atoms with Crippen molar-refractivity contribution in [2.75, 3.05) is 12.9 Å². The smallest absolute Gasteiger partial charge is 0.160 e. The molecule has 1 aliphatic carbocycles. The van der Waals surface area contributed by atoms with Gasteiger partial charge >= 0.3 is 0 Å². The van der Waals surface area contributed by atoms with Crippen molar-refractivity contribution in [3.05, 3.63) is 34.2 Å². The molecule has 1 aromatic rings. The van der Waals surface area contributed by atoms with Crippen LogP contribution in [0.4, 0.5) is 0 Å². The van der Waals surface area contributed by atoms with Gasteiger partial charge in [-0.1, -0.05) is 13.8 Å². The van der Waals surface area contributed by atoms with E-state index in [0.717, 1.165) is 51.7 Å². The van der Waals surface area contributed by atoms with Crippen molar-refractivity contribution >= 4 is 29.2 Å². The van der Waals surface area contributed by atoms with Gasteiger partial charge in [-0.2, -0.15) is 19.7 Å². The standard InChI is InChI=1S/C20H27N7OS/c1-10(2)23-14-6-15-17-13(14)9-29-26-20(21)18(17)25-27(24-15)8-16-12(4)19(28-5)11(3)7-22-16/h7,10,14,23H,6,8-9H2,1-5H3,(H2,21,26). The van der Waals surface area contributed by atoms with E-state index in [1.807, 2.05) is 20.0 Å². The monoisotopic (exact) mass is 413 g/mol. The molecule has 0 radical (unpaired) electrons. The lowest BCUT2D eigenvalue weighted by molar-refractivity contribution is 0.288. The topological polar surface area (TPSA) is 100 Å². The van der Waals surface area contributed by atoms with E-state index in [4.69, 9.17) is 20.7 Å². The van der Waals surface area contributed by atoms with Crippen molar-refractivity contribution < 1.29 is 4.74 Å². The lowest BCUT2D eigenvalue weighted by Crippen LogP contribution is -2.35. The van der Waals surface area contributed by atoms with Gasteiger partial charge in [-0.25, -0.2) is 0 Å². The van der Waals surface area contributed by atoms with Gasteiger partial charge in [-0.05, 0) is 31.4 Å². The zero-order valence-electron chi connectivity index (χ0n) is 17.5. The SMILES string of the molecule is COc1c(C)cnc(CN2N=C3CC(NC(C)C)C4=C3C(=N2)C(N)=NSC4)c1C. The molecule has 0 saturated carbocycles. The summed E-state index contributed by atoms with van der Waals surface area (Å²) < 4.78 is 9.97. The molecule has 3 aliphatic rings. The summed E-state index contributed by atoms with van der Waals surface area (Å²) in [6.07, 6.45) is 2.65. The van der Waals surface area contributed by atoms with E-state index in [2.05, 4.69) is 28.5 Å². The first-order valence-electron chi connectivity index (χ1n) is 9.77. The molecule has 0 aromatic carbocycles. The summed E-state index contributed by atoms with van der Waals surface area (Å²) in [5.74, 6) is 2.10. The number of hydrazone groups is 2. The van der Waals surface area contributed by atoms with Crippen molar-refractivity contribution in [1.82, 2.24) is 15.4 Å². The van der Waals surface area contributed by atoms with Gasteiger partial charge < -0.3 is 15.8 Å². The Morgan fingerprint density at radius 1 is 1.34 bits per heavy atom. The van der Waals surface area contributed by atoms with Gasteiger partial charge in [-0.3, -0.25) is 4.98 Å². The van der Waals surface area contributed by atoms with E-state index in [1.165, 1.54) is 17.5 Å². The van der Waals surface area contributed by atoms with Crippen LogP contribution in [-0.2, 0) is 6.54 Å². The largest absolute Gasteiger partial charge is 0.496 e. The van der Waals surface area contributed by atoms with Crippen LogP contribution >= 0.6 is 11.9 Å². The number of pyridine rings is 1. The number of ether oxygens (including phenoxy) is 1. The van der Waals surface area contributed by atoms with Gasteiger partial charge in [0.05, 0.1) is 18.5 Å². The molecule has 3 heterocycles. The summed E-state index contributed by atoms with van der Waals surface area (Å²) in [5.41, 5.74) is 13.2. The average molecular weight is 414 g/mol. The Kier molecular flexibility index (Phi) is 5.35. The number of methoxy groups -OCH3 is 1. The van der Waals surface area contributed by atoms with Crippen molar-refractivity contribution in [2.24, 2.45) is 20.3 Å². The first-order valence-corrected chi connectivity index (χ1v) is 10.7. The highest BCUT2D eigenvalue weighted by Gasteiger charge is 2.38. The first-order chi connectivity index (χ1) is 13.9. The molecule has 1 unspecified atom stereocenters. The van der Waals surface area contributed by atoms with Crippen LogP contribution in [0.15, 0.2) is 31.9 Å². The summed E-state index contributed by atoms with van der Waals surface area (Å²) in [7, 11) is 1.68. The highest BCUT2D eigenvalue weighted by molar-refractivity contribution is 7.98. The molecule has 1 atom stereocenters. The molecular formula is C20H27N7OS. The Hall–Kier alpha value is -2.39. The van der Waals surface area contributed by atoms with Crippen LogP contribution in [0.2, 0.25) is 0 Å². The molecule has 1 aromatic heterocycles. The minimum atomic E-state index is 0.238. The molecule has 29 heavy (non-hydrogen) atoms. The predicted molar refractivity (Wildman–Crippen MR) is 118 cm³/mol. The molecule has 2 aliphatic heterocycles. The normalized spacial score (nSPS) is 21.0. The average Bonchev–Trinajstić information content (AvgIpc) is 2.90. The number of aromatic nitrogens is 1. The molecule has 0 amide bonds. The van der Waals surface area contributed by atoms with Crippen LogP contribution in [0.25, 0.3) is 0 Å². The number of rotatable bonds is 5. The van der Waals surface area contributed by atoms with Crippen LogP contribution in [0.5, 0.6) is 5.75 Å². The number of nitrogens with one attached hydrogen (secondary N) is 1. The lowest BCUT2D eigenvalue weighted by atomic mass is 10.0.